The Labute approximate surface area is 96.4 Å². The molecule has 5 nitrogen and oxygen atoms in total. The third kappa shape index (κ3) is 2.35. The minimum Gasteiger partial charge on any atom is -0.359 e. The normalized spacial score (nSPS) is 26.6. The van der Waals surface area contributed by atoms with E-state index in [-0.39, 0.29) is 11.8 Å². The Morgan fingerprint density at radius 2 is 2.19 bits per heavy atom. The molecule has 1 rings (SSSR count). The molecule has 92 valence electrons. The highest BCUT2D eigenvalue weighted by Crippen LogP contribution is 2.30. The molecule has 1 aliphatic heterocycles. The Morgan fingerprint density at radius 1 is 1.56 bits per heavy atom. The van der Waals surface area contributed by atoms with Crippen molar-refractivity contribution in [1.29, 1.82) is 0 Å². The highest BCUT2D eigenvalue weighted by molar-refractivity contribution is 5.86. The summed E-state index contributed by atoms with van der Waals surface area (Å²) in [7, 11) is 1.62. The van der Waals surface area contributed by atoms with Crippen LogP contribution in [0.15, 0.2) is 0 Å². The molecule has 3 N–H and O–H groups in total. The average molecular weight is 227 g/mol. The van der Waals surface area contributed by atoms with Gasteiger partial charge in [0.25, 0.3) is 0 Å². The predicted molar refractivity (Wildman–Crippen MR) is 61.6 cm³/mol. The smallest absolute Gasteiger partial charge is 0.239 e. The summed E-state index contributed by atoms with van der Waals surface area (Å²) in [5.74, 6) is -0.0528. The number of carbonyl (C=O) groups is 2. The van der Waals surface area contributed by atoms with Crippen LogP contribution in [0.4, 0.5) is 0 Å². The molecule has 0 aromatic heterocycles. The second-order valence-electron chi connectivity index (χ2n) is 4.66. The first-order valence-electron chi connectivity index (χ1n) is 5.71. The topological polar surface area (TPSA) is 75.4 Å². The average Bonchev–Trinajstić information content (AvgIpc) is 2.70. The van der Waals surface area contributed by atoms with E-state index in [2.05, 4.69) is 5.32 Å². The second kappa shape index (κ2) is 4.82. The van der Waals surface area contributed by atoms with Crippen LogP contribution in [-0.2, 0) is 9.59 Å². The van der Waals surface area contributed by atoms with Gasteiger partial charge in [0.1, 0.15) is 0 Å². The number of nitrogens with two attached hydrogens (primary N) is 1. The van der Waals surface area contributed by atoms with Crippen LogP contribution in [0.25, 0.3) is 0 Å². The van der Waals surface area contributed by atoms with Gasteiger partial charge in [0.15, 0.2) is 0 Å². The van der Waals surface area contributed by atoms with Crippen LogP contribution in [0.5, 0.6) is 0 Å². The molecule has 0 saturated carbocycles. The van der Waals surface area contributed by atoms with Crippen LogP contribution in [0.3, 0.4) is 0 Å². The van der Waals surface area contributed by atoms with Gasteiger partial charge in [-0.05, 0) is 19.8 Å². The van der Waals surface area contributed by atoms with E-state index in [1.807, 2.05) is 13.8 Å². The van der Waals surface area contributed by atoms with Gasteiger partial charge in [-0.2, -0.15) is 0 Å². The molecule has 1 heterocycles. The molecule has 0 spiro atoms. The van der Waals surface area contributed by atoms with Gasteiger partial charge < -0.3 is 16.0 Å². The van der Waals surface area contributed by atoms with Crippen molar-refractivity contribution >= 4 is 11.8 Å². The number of hydrogen-bond acceptors (Lipinski definition) is 3. The first-order chi connectivity index (χ1) is 7.44. The molecular weight excluding hydrogens is 206 g/mol. The van der Waals surface area contributed by atoms with E-state index in [1.54, 1.807) is 11.9 Å². The molecule has 1 saturated heterocycles. The molecule has 2 unspecified atom stereocenters. The van der Waals surface area contributed by atoms with Crippen LogP contribution >= 0.6 is 0 Å². The largest absolute Gasteiger partial charge is 0.359 e. The third-order valence-electron chi connectivity index (χ3n) is 3.32. The fourth-order valence-corrected chi connectivity index (χ4v) is 2.05. The number of rotatable bonds is 3. The summed E-state index contributed by atoms with van der Waals surface area (Å²) < 4.78 is 0. The lowest BCUT2D eigenvalue weighted by Crippen LogP contribution is -2.45. The number of amides is 2. The summed E-state index contributed by atoms with van der Waals surface area (Å²) in [6.07, 6.45) is 1.33. The van der Waals surface area contributed by atoms with Crippen molar-refractivity contribution in [2.45, 2.75) is 32.7 Å². The Hall–Kier alpha value is -1.10. The van der Waals surface area contributed by atoms with E-state index in [9.17, 15) is 9.59 Å². The van der Waals surface area contributed by atoms with E-state index in [4.69, 9.17) is 5.73 Å². The maximum atomic E-state index is 11.8. The first kappa shape index (κ1) is 13.0. The molecule has 2 atom stereocenters. The van der Waals surface area contributed by atoms with E-state index >= 15 is 0 Å². The van der Waals surface area contributed by atoms with Gasteiger partial charge in [0.2, 0.25) is 11.8 Å². The van der Waals surface area contributed by atoms with Gasteiger partial charge in [0, 0.05) is 20.1 Å². The quantitative estimate of drug-likeness (QED) is 0.695. The lowest BCUT2D eigenvalue weighted by Gasteiger charge is -2.24. The monoisotopic (exact) mass is 227 g/mol. The predicted octanol–water partition coefficient (Wildman–Crippen LogP) is -0.292. The van der Waals surface area contributed by atoms with Gasteiger partial charge in [-0.25, -0.2) is 0 Å². The zero-order valence-electron chi connectivity index (χ0n) is 10.2. The first-order valence-corrected chi connectivity index (χ1v) is 5.71. The molecule has 2 amide bonds. The summed E-state index contributed by atoms with van der Waals surface area (Å²) in [5, 5.41) is 2.64. The molecular formula is C11H21N3O2. The van der Waals surface area contributed by atoms with Crippen molar-refractivity contribution in [2.75, 3.05) is 20.1 Å². The zero-order valence-corrected chi connectivity index (χ0v) is 10.2. The van der Waals surface area contributed by atoms with E-state index in [0.29, 0.717) is 25.9 Å². The van der Waals surface area contributed by atoms with Gasteiger partial charge in [-0.1, -0.05) is 6.92 Å². The third-order valence-corrected chi connectivity index (χ3v) is 3.32. The van der Waals surface area contributed by atoms with E-state index < -0.39 is 11.5 Å². The van der Waals surface area contributed by atoms with Crippen molar-refractivity contribution in [3.8, 4) is 0 Å². The molecule has 1 aliphatic rings. The molecule has 0 aromatic rings. The Morgan fingerprint density at radius 3 is 2.69 bits per heavy atom. The Kier molecular flexibility index (Phi) is 3.91. The summed E-state index contributed by atoms with van der Waals surface area (Å²) in [6.45, 7) is 4.86. The summed E-state index contributed by atoms with van der Waals surface area (Å²) in [4.78, 5) is 25.2. The fraction of sp³-hybridized carbons (Fsp3) is 0.818. The number of likely N-dealkylation sites (tertiary alicyclic amines) is 1. The molecule has 16 heavy (non-hydrogen) atoms. The molecule has 0 aliphatic carbocycles. The van der Waals surface area contributed by atoms with E-state index in [0.717, 1.165) is 0 Å². The number of nitrogens with one attached hydrogen (secondary N) is 1. The van der Waals surface area contributed by atoms with E-state index in [1.165, 1.54) is 0 Å². The number of hydrogen-bond donors (Lipinski definition) is 2. The van der Waals surface area contributed by atoms with Gasteiger partial charge >= 0.3 is 0 Å². The molecule has 5 heteroatoms. The fourth-order valence-electron chi connectivity index (χ4n) is 2.05. The summed E-state index contributed by atoms with van der Waals surface area (Å²) in [6, 6.07) is -0.438. The van der Waals surface area contributed by atoms with Gasteiger partial charge in [-0.3, -0.25) is 9.59 Å². The highest BCUT2D eigenvalue weighted by Gasteiger charge is 2.42. The number of carbonyl (C=O) groups excluding carboxylic acids is 2. The van der Waals surface area contributed by atoms with Crippen molar-refractivity contribution < 1.29 is 9.59 Å². The van der Waals surface area contributed by atoms with Crippen LogP contribution in [0.1, 0.15) is 26.7 Å². The molecule has 0 bridgehead atoms. The lowest BCUT2D eigenvalue weighted by atomic mass is 9.89. The Bertz CT molecular complexity index is 293. The van der Waals surface area contributed by atoms with Gasteiger partial charge in [-0.15, -0.1) is 0 Å². The Balaban J connectivity index is 2.65. The summed E-state index contributed by atoms with van der Waals surface area (Å²) in [5.41, 5.74) is 5.24. The molecule has 0 radical (unpaired) electrons. The second-order valence-corrected chi connectivity index (χ2v) is 4.66. The zero-order chi connectivity index (χ0) is 12.3. The number of nitrogens with zero attached hydrogens (tertiary/aromatic N) is 1. The van der Waals surface area contributed by atoms with Crippen molar-refractivity contribution in [2.24, 2.45) is 11.1 Å². The summed E-state index contributed by atoms with van der Waals surface area (Å²) >= 11 is 0. The van der Waals surface area contributed by atoms with Crippen molar-refractivity contribution in [3.63, 3.8) is 0 Å². The van der Waals surface area contributed by atoms with Crippen LogP contribution < -0.4 is 11.1 Å². The van der Waals surface area contributed by atoms with Crippen LogP contribution in [0.2, 0.25) is 0 Å². The SMILES string of the molecule is CCC(N)C(=O)N1CCC(C)(C(=O)NC)C1. The minimum absolute atomic E-state index is 0.00660. The lowest BCUT2D eigenvalue weighted by molar-refractivity contribution is -0.133. The maximum Gasteiger partial charge on any atom is 0.239 e. The van der Waals surface area contributed by atoms with Crippen molar-refractivity contribution in [1.82, 2.24) is 10.2 Å². The maximum absolute atomic E-state index is 11.8. The van der Waals surface area contributed by atoms with Crippen molar-refractivity contribution in [3.05, 3.63) is 0 Å². The van der Waals surface area contributed by atoms with Crippen LogP contribution in [-0.4, -0.2) is 42.9 Å². The standard InChI is InChI=1S/C11H21N3O2/c1-4-8(12)9(15)14-6-5-11(2,7-14)10(16)13-3/h8H,4-7,12H2,1-3H3,(H,13,16). The van der Waals surface area contributed by atoms with Gasteiger partial charge in [0.05, 0.1) is 11.5 Å². The molecule has 0 aromatic carbocycles. The van der Waals surface area contributed by atoms with Crippen LogP contribution in [0, 0.1) is 5.41 Å². The highest BCUT2D eigenvalue weighted by atomic mass is 16.2. The molecule has 1 fully saturated rings. The minimum atomic E-state index is -0.460.